The first-order valence-corrected chi connectivity index (χ1v) is 4.39. The van der Waals surface area contributed by atoms with Gasteiger partial charge in [-0.15, -0.1) is 0 Å². The van der Waals surface area contributed by atoms with E-state index < -0.39 is 11.8 Å². The van der Waals surface area contributed by atoms with Crippen molar-refractivity contribution in [2.75, 3.05) is 0 Å². The van der Waals surface area contributed by atoms with E-state index in [4.69, 9.17) is 0 Å². The van der Waals surface area contributed by atoms with Crippen LogP contribution in [0.4, 0.5) is 8.78 Å². The third-order valence-corrected chi connectivity index (χ3v) is 2.26. The largest absolute Gasteiger partial charge is 0.238 e. The lowest BCUT2D eigenvalue weighted by molar-refractivity contribution is 0.119. The van der Waals surface area contributed by atoms with Gasteiger partial charge in [0.15, 0.2) is 11.8 Å². The van der Waals surface area contributed by atoms with Crippen molar-refractivity contribution in [3.05, 3.63) is 60.2 Å². The van der Waals surface area contributed by atoms with Crippen LogP contribution >= 0.6 is 0 Å². The number of allylic oxidation sites excluding steroid dienone is 4. The maximum Gasteiger partial charge on any atom is 0.189 e. The molecule has 0 heterocycles. The summed E-state index contributed by atoms with van der Waals surface area (Å²) >= 11 is 0. The highest BCUT2D eigenvalue weighted by Gasteiger charge is 2.38. The van der Waals surface area contributed by atoms with Gasteiger partial charge in [0.25, 0.3) is 0 Å². The van der Waals surface area contributed by atoms with Gasteiger partial charge in [-0.3, -0.25) is 0 Å². The molecule has 2 heteroatoms. The smallest absolute Gasteiger partial charge is 0.189 e. The Morgan fingerprint density at radius 1 is 1.21 bits per heavy atom. The molecule has 1 aromatic rings. The highest BCUT2D eigenvalue weighted by atomic mass is 19.2. The van der Waals surface area contributed by atoms with Crippen LogP contribution in [-0.4, -0.2) is 6.17 Å². The number of rotatable bonds is 1. The van der Waals surface area contributed by atoms with Gasteiger partial charge < -0.3 is 0 Å². The number of alkyl halides is 2. The number of hydrogen-bond donors (Lipinski definition) is 0. The standard InChI is InChI=1S/C12H9F2/c13-11-8-4-5-9-12(11,14)10-6-2-1-3-7-10/h1-7,9,11H. The molecule has 2 rings (SSSR count). The summed E-state index contributed by atoms with van der Waals surface area (Å²) in [6, 6.07) is 8.30. The quantitative estimate of drug-likeness (QED) is 0.639. The van der Waals surface area contributed by atoms with Crippen molar-refractivity contribution in [1.29, 1.82) is 0 Å². The van der Waals surface area contributed by atoms with Gasteiger partial charge in [-0.05, 0) is 17.7 Å². The van der Waals surface area contributed by atoms with Crippen LogP contribution in [-0.2, 0) is 5.67 Å². The minimum atomic E-state index is -2.06. The Kier molecular flexibility index (Phi) is 2.20. The molecule has 0 bridgehead atoms. The Hall–Kier alpha value is -1.44. The maximum atomic E-state index is 14.2. The molecule has 1 radical (unpaired) electrons. The van der Waals surface area contributed by atoms with Gasteiger partial charge in [0.1, 0.15) is 0 Å². The summed E-state index contributed by atoms with van der Waals surface area (Å²) in [4.78, 5) is 0. The topological polar surface area (TPSA) is 0 Å². The van der Waals surface area contributed by atoms with Crippen LogP contribution in [0.1, 0.15) is 5.56 Å². The zero-order valence-corrected chi connectivity index (χ0v) is 7.45. The fourth-order valence-electron chi connectivity index (χ4n) is 1.47. The third-order valence-electron chi connectivity index (χ3n) is 2.26. The van der Waals surface area contributed by atoms with Crippen molar-refractivity contribution < 1.29 is 8.78 Å². The first-order chi connectivity index (χ1) is 6.73. The first-order valence-electron chi connectivity index (χ1n) is 4.39. The fourth-order valence-corrected chi connectivity index (χ4v) is 1.47. The van der Waals surface area contributed by atoms with E-state index in [1.54, 1.807) is 30.3 Å². The maximum absolute atomic E-state index is 14.2. The van der Waals surface area contributed by atoms with E-state index in [1.807, 2.05) is 0 Å². The minimum Gasteiger partial charge on any atom is -0.238 e. The van der Waals surface area contributed by atoms with Gasteiger partial charge >= 0.3 is 0 Å². The Balaban J connectivity index is 2.42. The molecule has 1 aromatic carbocycles. The number of hydrogen-bond acceptors (Lipinski definition) is 0. The number of benzene rings is 1. The Morgan fingerprint density at radius 3 is 2.57 bits per heavy atom. The molecule has 0 saturated carbocycles. The molecule has 0 aliphatic heterocycles. The summed E-state index contributed by atoms with van der Waals surface area (Å²) in [5.74, 6) is 0. The molecule has 0 spiro atoms. The highest BCUT2D eigenvalue weighted by molar-refractivity contribution is 5.33. The van der Waals surface area contributed by atoms with Crippen molar-refractivity contribution in [1.82, 2.24) is 0 Å². The van der Waals surface area contributed by atoms with Crippen LogP contribution < -0.4 is 0 Å². The van der Waals surface area contributed by atoms with Gasteiger partial charge in [-0.2, -0.15) is 0 Å². The molecule has 0 nitrogen and oxygen atoms in total. The molecule has 14 heavy (non-hydrogen) atoms. The van der Waals surface area contributed by atoms with Crippen LogP contribution in [0.15, 0.2) is 48.6 Å². The van der Waals surface area contributed by atoms with Gasteiger partial charge in [-0.1, -0.05) is 42.5 Å². The van der Waals surface area contributed by atoms with Crippen molar-refractivity contribution >= 4 is 0 Å². The molecular weight excluding hydrogens is 182 g/mol. The summed E-state index contributed by atoms with van der Waals surface area (Å²) in [5.41, 5.74) is -1.74. The van der Waals surface area contributed by atoms with Crippen molar-refractivity contribution in [2.45, 2.75) is 11.8 Å². The van der Waals surface area contributed by atoms with Crippen LogP contribution in [0.2, 0.25) is 0 Å². The predicted molar refractivity (Wildman–Crippen MR) is 51.1 cm³/mol. The van der Waals surface area contributed by atoms with Crippen LogP contribution in [0.25, 0.3) is 0 Å². The lowest BCUT2D eigenvalue weighted by Crippen LogP contribution is -2.30. The van der Waals surface area contributed by atoms with Crippen LogP contribution in [0.5, 0.6) is 0 Å². The molecule has 2 atom stereocenters. The zero-order chi connectivity index (χ0) is 10.0. The molecule has 1 aliphatic carbocycles. The molecule has 0 saturated heterocycles. The van der Waals surface area contributed by atoms with Gasteiger partial charge in [0.2, 0.25) is 0 Å². The van der Waals surface area contributed by atoms with E-state index in [0.29, 0.717) is 5.56 Å². The van der Waals surface area contributed by atoms with E-state index in [0.717, 1.165) is 0 Å². The van der Waals surface area contributed by atoms with Gasteiger partial charge in [0, 0.05) is 0 Å². The summed E-state index contributed by atoms with van der Waals surface area (Å²) in [6.07, 6.45) is 4.69. The minimum absolute atomic E-state index is 0.323. The van der Waals surface area contributed by atoms with E-state index in [-0.39, 0.29) is 0 Å². The Labute approximate surface area is 81.6 Å². The molecule has 0 N–H and O–H groups in total. The Bertz CT molecular complexity index is 367. The van der Waals surface area contributed by atoms with Crippen LogP contribution in [0, 0.1) is 6.08 Å². The predicted octanol–water partition coefficient (Wildman–Crippen LogP) is 3.12. The van der Waals surface area contributed by atoms with E-state index >= 15 is 0 Å². The van der Waals surface area contributed by atoms with Crippen molar-refractivity contribution in [2.24, 2.45) is 0 Å². The van der Waals surface area contributed by atoms with E-state index in [1.165, 1.54) is 18.2 Å². The molecule has 1 aliphatic rings. The lowest BCUT2D eigenvalue weighted by Gasteiger charge is -2.25. The third kappa shape index (κ3) is 1.37. The molecular formula is C12H9F2. The molecule has 0 fully saturated rings. The monoisotopic (exact) mass is 191 g/mol. The SMILES string of the molecule is FC1[C]=CC=CC1(F)c1ccccc1. The molecule has 0 aromatic heterocycles. The summed E-state index contributed by atoms with van der Waals surface area (Å²) in [7, 11) is 0. The second-order valence-corrected chi connectivity index (χ2v) is 3.19. The molecule has 2 unspecified atom stereocenters. The van der Waals surface area contributed by atoms with E-state index in [9.17, 15) is 8.78 Å². The highest BCUT2D eigenvalue weighted by Crippen LogP contribution is 2.35. The zero-order valence-electron chi connectivity index (χ0n) is 7.45. The van der Waals surface area contributed by atoms with E-state index in [2.05, 4.69) is 6.08 Å². The lowest BCUT2D eigenvalue weighted by atomic mass is 9.88. The summed E-state index contributed by atoms with van der Waals surface area (Å²) in [6.45, 7) is 0. The van der Waals surface area contributed by atoms with Crippen molar-refractivity contribution in [3.8, 4) is 0 Å². The number of halogens is 2. The Morgan fingerprint density at radius 2 is 1.93 bits per heavy atom. The summed E-state index contributed by atoms with van der Waals surface area (Å²) in [5, 5.41) is 0. The fraction of sp³-hybridized carbons (Fsp3) is 0.167. The molecule has 71 valence electrons. The molecule has 0 amide bonds. The van der Waals surface area contributed by atoms with Gasteiger partial charge in [-0.25, -0.2) is 8.78 Å². The first kappa shape index (κ1) is 9.13. The van der Waals surface area contributed by atoms with Crippen molar-refractivity contribution in [3.63, 3.8) is 0 Å². The second-order valence-electron chi connectivity index (χ2n) is 3.19. The van der Waals surface area contributed by atoms with Gasteiger partial charge in [0.05, 0.1) is 0 Å². The van der Waals surface area contributed by atoms with Crippen LogP contribution in [0.3, 0.4) is 0 Å². The average Bonchev–Trinajstić information content (AvgIpc) is 2.24. The summed E-state index contributed by atoms with van der Waals surface area (Å²) < 4.78 is 27.5. The normalized spacial score (nSPS) is 30.6. The average molecular weight is 191 g/mol. The second kappa shape index (κ2) is 3.37.